The third-order valence-corrected chi connectivity index (χ3v) is 5.57. The molecule has 0 unspecified atom stereocenters. The van der Waals surface area contributed by atoms with Crippen LogP contribution in [-0.2, 0) is 13.1 Å². The van der Waals surface area contributed by atoms with Gasteiger partial charge in [-0.2, -0.15) is 4.98 Å². The Morgan fingerprint density at radius 2 is 1.90 bits per heavy atom. The largest absolute Gasteiger partial charge is 0.497 e. The normalized spacial score (nSPS) is 14.4. The van der Waals surface area contributed by atoms with Gasteiger partial charge in [0.05, 0.1) is 13.7 Å². The Bertz CT molecular complexity index is 1010. The topological polar surface area (TPSA) is 71.7 Å². The highest BCUT2D eigenvalue weighted by Gasteiger charge is 2.17. The second kappa shape index (κ2) is 9.75. The SMILES string of the molecule is COc1cccc(-c2noc(CN(C)C(=O)c3ccc(CN4CCCCC4)cc3)n2)c1. The van der Waals surface area contributed by atoms with Crippen molar-refractivity contribution >= 4 is 5.91 Å². The second-order valence-corrected chi connectivity index (χ2v) is 7.94. The zero-order valence-electron chi connectivity index (χ0n) is 18.1. The Morgan fingerprint density at radius 3 is 2.65 bits per heavy atom. The zero-order valence-corrected chi connectivity index (χ0v) is 18.1. The van der Waals surface area contributed by atoms with Crippen molar-refractivity contribution in [3.63, 3.8) is 0 Å². The first-order chi connectivity index (χ1) is 15.1. The molecule has 1 fully saturated rings. The smallest absolute Gasteiger partial charge is 0.254 e. The van der Waals surface area contributed by atoms with E-state index in [1.807, 2.05) is 48.5 Å². The number of ether oxygens (including phenoxy) is 1. The molecule has 0 bridgehead atoms. The van der Waals surface area contributed by atoms with Crippen LogP contribution < -0.4 is 4.74 Å². The summed E-state index contributed by atoms with van der Waals surface area (Å²) in [5, 5.41) is 4.03. The molecular formula is C24H28N4O3. The number of methoxy groups -OCH3 is 1. The predicted octanol–water partition coefficient (Wildman–Crippen LogP) is 4.00. The highest BCUT2D eigenvalue weighted by atomic mass is 16.5. The van der Waals surface area contributed by atoms with Gasteiger partial charge in [-0.25, -0.2) is 0 Å². The highest BCUT2D eigenvalue weighted by Crippen LogP contribution is 2.21. The molecule has 31 heavy (non-hydrogen) atoms. The molecule has 1 saturated heterocycles. The number of piperidine rings is 1. The lowest BCUT2D eigenvalue weighted by molar-refractivity contribution is 0.0769. The van der Waals surface area contributed by atoms with Crippen molar-refractivity contribution < 1.29 is 14.1 Å². The van der Waals surface area contributed by atoms with Crippen molar-refractivity contribution in [3.05, 3.63) is 65.5 Å². The lowest BCUT2D eigenvalue weighted by atomic mass is 10.1. The fourth-order valence-corrected chi connectivity index (χ4v) is 3.82. The highest BCUT2D eigenvalue weighted by molar-refractivity contribution is 5.94. The molecule has 0 aliphatic carbocycles. The molecule has 0 spiro atoms. The number of hydrogen-bond donors (Lipinski definition) is 0. The average molecular weight is 421 g/mol. The molecule has 0 N–H and O–H groups in total. The molecule has 1 aromatic heterocycles. The molecule has 1 aliphatic heterocycles. The molecular weight excluding hydrogens is 392 g/mol. The third-order valence-electron chi connectivity index (χ3n) is 5.57. The molecule has 0 saturated carbocycles. The summed E-state index contributed by atoms with van der Waals surface area (Å²) in [4.78, 5) is 21.3. The van der Waals surface area contributed by atoms with Crippen molar-refractivity contribution in [1.82, 2.24) is 19.9 Å². The summed E-state index contributed by atoms with van der Waals surface area (Å²) < 4.78 is 10.6. The molecule has 162 valence electrons. The van der Waals surface area contributed by atoms with E-state index in [4.69, 9.17) is 9.26 Å². The first-order valence-corrected chi connectivity index (χ1v) is 10.7. The van der Waals surface area contributed by atoms with Gasteiger partial charge in [-0.15, -0.1) is 0 Å². The van der Waals surface area contributed by atoms with E-state index in [9.17, 15) is 4.79 Å². The van der Waals surface area contributed by atoms with Crippen molar-refractivity contribution in [3.8, 4) is 17.1 Å². The van der Waals surface area contributed by atoms with Crippen LogP contribution in [-0.4, -0.2) is 53.1 Å². The average Bonchev–Trinajstić information content (AvgIpc) is 3.28. The Kier molecular flexibility index (Phi) is 6.62. The molecule has 2 heterocycles. The van der Waals surface area contributed by atoms with Crippen LogP contribution in [0.25, 0.3) is 11.4 Å². The number of hydrogen-bond acceptors (Lipinski definition) is 6. The monoisotopic (exact) mass is 420 g/mol. The fraction of sp³-hybridized carbons (Fsp3) is 0.375. The van der Waals surface area contributed by atoms with Gasteiger partial charge in [-0.1, -0.05) is 35.8 Å². The van der Waals surface area contributed by atoms with Crippen LogP contribution in [0.2, 0.25) is 0 Å². The van der Waals surface area contributed by atoms with Gasteiger partial charge in [0, 0.05) is 24.7 Å². The van der Waals surface area contributed by atoms with E-state index >= 15 is 0 Å². The molecule has 4 rings (SSSR count). The van der Waals surface area contributed by atoms with E-state index in [-0.39, 0.29) is 12.5 Å². The minimum atomic E-state index is -0.0781. The first kappa shape index (κ1) is 21.1. The number of carbonyl (C=O) groups is 1. The van der Waals surface area contributed by atoms with Crippen LogP contribution in [0.3, 0.4) is 0 Å². The number of amides is 1. The second-order valence-electron chi connectivity index (χ2n) is 7.94. The molecule has 7 heteroatoms. The lowest BCUT2D eigenvalue weighted by Gasteiger charge is -2.26. The third kappa shape index (κ3) is 5.30. The summed E-state index contributed by atoms with van der Waals surface area (Å²) in [5.74, 6) is 1.50. The minimum Gasteiger partial charge on any atom is -0.497 e. The summed E-state index contributed by atoms with van der Waals surface area (Å²) in [6.07, 6.45) is 3.88. The van der Waals surface area contributed by atoms with Gasteiger partial charge in [0.2, 0.25) is 11.7 Å². The van der Waals surface area contributed by atoms with Crippen LogP contribution in [0.1, 0.15) is 41.1 Å². The minimum absolute atomic E-state index is 0.0781. The molecule has 7 nitrogen and oxygen atoms in total. The maximum atomic E-state index is 12.8. The molecule has 0 atom stereocenters. The molecule has 1 amide bonds. The van der Waals surface area contributed by atoms with Crippen LogP contribution in [0.5, 0.6) is 5.75 Å². The molecule has 0 radical (unpaired) electrons. The van der Waals surface area contributed by atoms with Crippen molar-refractivity contribution in [2.24, 2.45) is 0 Å². The van der Waals surface area contributed by atoms with Crippen LogP contribution in [0, 0.1) is 0 Å². The number of rotatable bonds is 7. The Hall–Kier alpha value is -3.19. The van der Waals surface area contributed by atoms with Gasteiger partial charge in [0.15, 0.2) is 0 Å². The molecule has 1 aliphatic rings. The van der Waals surface area contributed by atoms with Gasteiger partial charge in [-0.05, 0) is 55.8 Å². The predicted molar refractivity (Wildman–Crippen MR) is 118 cm³/mol. The van der Waals surface area contributed by atoms with E-state index in [0.717, 1.165) is 30.9 Å². The maximum absolute atomic E-state index is 12.8. The molecule has 3 aromatic rings. The lowest BCUT2D eigenvalue weighted by Crippen LogP contribution is -2.29. The first-order valence-electron chi connectivity index (χ1n) is 10.7. The number of carbonyl (C=O) groups excluding carboxylic acids is 1. The van der Waals surface area contributed by atoms with E-state index in [1.165, 1.54) is 24.8 Å². The summed E-state index contributed by atoms with van der Waals surface area (Å²) >= 11 is 0. The Morgan fingerprint density at radius 1 is 1.13 bits per heavy atom. The summed E-state index contributed by atoms with van der Waals surface area (Å²) in [6.45, 7) is 3.50. The fourth-order valence-electron chi connectivity index (χ4n) is 3.82. The van der Waals surface area contributed by atoms with Crippen LogP contribution in [0.15, 0.2) is 53.1 Å². The molecule has 2 aromatic carbocycles. The van der Waals surface area contributed by atoms with Crippen molar-refractivity contribution in [2.45, 2.75) is 32.4 Å². The number of benzene rings is 2. The van der Waals surface area contributed by atoms with Gasteiger partial charge < -0.3 is 14.2 Å². The zero-order chi connectivity index (χ0) is 21.6. The van der Waals surface area contributed by atoms with E-state index < -0.39 is 0 Å². The van der Waals surface area contributed by atoms with Crippen LogP contribution >= 0.6 is 0 Å². The van der Waals surface area contributed by atoms with Gasteiger partial charge in [-0.3, -0.25) is 9.69 Å². The Labute approximate surface area is 182 Å². The number of nitrogens with zero attached hydrogens (tertiary/aromatic N) is 4. The van der Waals surface area contributed by atoms with E-state index in [1.54, 1.807) is 19.1 Å². The van der Waals surface area contributed by atoms with E-state index in [2.05, 4.69) is 15.0 Å². The summed E-state index contributed by atoms with van der Waals surface area (Å²) in [5.41, 5.74) is 2.69. The Balaban J connectivity index is 1.36. The van der Waals surface area contributed by atoms with Gasteiger partial charge in [0.25, 0.3) is 5.91 Å². The van der Waals surface area contributed by atoms with Crippen molar-refractivity contribution in [2.75, 3.05) is 27.2 Å². The standard InChI is InChI=1S/C24H28N4O3/c1-27(17-22-25-23(26-31-22)20-7-6-8-21(15-20)30-2)24(29)19-11-9-18(10-12-19)16-28-13-4-3-5-14-28/h6-12,15H,3-5,13-14,16-17H2,1-2H3. The van der Waals surface area contributed by atoms with Gasteiger partial charge >= 0.3 is 0 Å². The van der Waals surface area contributed by atoms with Crippen LogP contribution in [0.4, 0.5) is 0 Å². The maximum Gasteiger partial charge on any atom is 0.254 e. The summed E-state index contributed by atoms with van der Waals surface area (Å²) in [6, 6.07) is 15.3. The van der Waals surface area contributed by atoms with Crippen molar-refractivity contribution in [1.29, 1.82) is 0 Å². The number of aromatic nitrogens is 2. The summed E-state index contributed by atoms with van der Waals surface area (Å²) in [7, 11) is 3.35. The number of likely N-dealkylation sites (tertiary alicyclic amines) is 1. The quantitative estimate of drug-likeness (QED) is 0.575. The van der Waals surface area contributed by atoms with Gasteiger partial charge in [0.1, 0.15) is 5.75 Å². The van der Waals surface area contributed by atoms with E-state index in [0.29, 0.717) is 17.3 Å².